The van der Waals surface area contributed by atoms with E-state index >= 15 is 0 Å². The Morgan fingerprint density at radius 3 is 2.57 bits per heavy atom. The second-order valence-electron chi connectivity index (χ2n) is 5.04. The van der Waals surface area contributed by atoms with Crippen molar-refractivity contribution in [1.29, 1.82) is 0 Å². The molecule has 2 rings (SSSR count). The van der Waals surface area contributed by atoms with Crippen molar-refractivity contribution in [3.05, 3.63) is 24.3 Å². The van der Waals surface area contributed by atoms with E-state index in [2.05, 4.69) is 0 Å². The summed E-state index contributed by atoms with van der Waals surface area (Å²) in [6.45, 7) is 0.367. The summed E-state index contributed by atoms with van der Waals surface area (Å²) < 4.78 is 31.7. The smallest absolute Gasteiger partial charge is 0.304 e. The van der Waals surface area contributed by atoms with Gasteiger partial charge in [-0.3, -0.25) is 4.79 Å². The van der Waals surface area contributed by atoms with E-state index in [9.17, 15) is 13.2 Å². The molecule has 1 heterocycles. The number of benzene rings is 1. The van der Waals surface area contributed by atoms with Crippen molar-refractivity contribution in [2.24, 2.45) is 0 Å². The first-order valence-electron chi connectivity index (χ1n) is 6.83. The summed E-state index contributed by atoms with van der Waals surface area (Å²) in [5.41, 5.74) is 0. The fourth-order valence-electron chi connectivity index (χ4n) is 2.58. The number of sulfonamides is 1. The summed E-state index contributed by atoms with van der Waals surface area (Å²) in [6.07, 6.45) is 2.04. The van der Waals surface area contributed by atoms with Crippen LogP contribution in [0.5, 0.6) is 5.75 Å². The second-order valence-corrected chi connectivity index (χ2v) is 6.93. The first-order chi connectivity index (χ1) is 9.95. The fraction of sp³-hybridized carbons (Fsp3) is 0.500. The summed E-state index contributed by atoms with van der Waals surface area (Å²) in [6, 6.07) is 5.68. The minimum Gasteiger partial charge on any atom is -0.497 e. The van der Waals surface area contributed by atoms with Crippen molar-refractivity contribution in [3.8, 4) is 5.75 Å². The zero-order chi connectivity index (χ0) is 15.5. The lowest BCUT2D eigenvalue weighted by Gasteiger charge is -2.33. The van der Waals surface area contributed by atoms with Crippen LogP contribution in [0, 0.1) is 0 Å². The lowest BCUT2D eigenvalue weighted by Crippen LogP contribution is -2.44. The number of piperidine rings is 1. The molecule has 1 aliphatic heterocycles. The molecule has 7 heteroatoms. The highest BCUT2D eigenvalue weighted by atomic mass is 32.2. The summed E-state index contributed by atoms with van der Waals surface area (Å²) in [7, 11) is -2.16. The van der Waals surface area contributed by atoms with E-state index in [-0.39, 0.29) is 11.3 Å². The van der Waals surface area contributed by atoms with Crippen LogP contribution in [0.4, 0.5) is 0 Å². The van der Waals surface area contributed by atoms with Gasteiger partial charge < -0.3 is 9.84 Å². The molecule has 0 saturated carbocycles. The average Bonchev–Trinajstić information content (AvgIpc) is 2.47. The normalized spacial score (nSPS) is 20.1. The van der Waals surface area contributed by atoms with Gasteiger partial charge in [0.1, 0.15) is 5.75 Å². The first-order valence-corrected chi connectivity index (χ1v) is 8.27. The Kier molecular flexibility index (Phi) is 4.84. The van der Waals surface area contributed by atoms with Gasteiger partial charge >= 0.3 is 5.97 Å². The average molecular weight is 313 g/mol. The number of rotatable bonds is 5. The predicted molar refractivity (Wildman–Crippen MR) is 76.8 cm³/mol. The highest BCUT2D eigenvalue weighted by Gasteiger charge is 2.34. The van der Waals surface area contributed by atoms with Gasteiger partial charge in [-0.15, -0.1) is 0 Å². The standard InChI is InChI=1S/C14H19NO5S/c1-20-12-5-7-13(8-6-12)21(18,19)15-9-3-2-4-11(15)10-14(16)17/h5-8,11H,2-4,9-10H2,1H3,(H,16,17)/t11-/m1/s1. The van der Waals surface area contributed by atoms with Crippen LogP contribution >= 0.6 is 0 Å². The Morgan fingerprint density at radius 2 is 2.00 bits per heavy atom. The van der Waals surface area contributed by atoms with Crippen LogP contribution in [0.1, 0.15) is 25.7 Å². The molecule has 6 nitrogen and oxygen atoms in total. The maximum Gasteiger partial charge on any atom is 0.304 e. The number of hydrogen-bond donors (Lipinski definition) is 1. The van der Waals surface area contributed by atoms with Crippen LogP contribution in [-0.4, -0.2) is 43.5 Å². The Hall–Kier alpha value is -1.60. The lowest BCUT2D eigenvalue weighted by atomic mass is 10.0. The number of carboxylic acids is 1. The maximum atomic E-state index is 12.7. The zero-order valence-corrected chi connectivity index (χ0v) is 12.7. The van der Waals surface area contributed by atoms with Crippen LogP contribution in [-0.2, 0) is 14.8 Å². The molecule has 116 valence electrons. The molecule has 0 amide bonds. The molecule has 0 spiro atoms. The molecule has 1 saturated heterocycles. The van der Waals surface area contributed by atoms with Crippen molar-refractivity contribution in [2.75, 3.05) is 13.7 Å². The molecule has 0 aliphatic carbocycles. The Labute approximate surface area is 124 Å². The van der Waals surface area contributed by atoms with Gasteiger partial charge in [0.05, 0.1) is 18.4 Å². The topological polar surface area (TPSA) is 83.9 Å². The molecular weight excluding hydrogens is 294 g/mol. The van der Waals surface area contributed by atoms with Crippen molar-refractivity contribution >= 4 is 16.0 Å². The number of methoxy groups -OCH3 is 1. The van der Waals surface area contributed by atoms with E-state index in [0.717, 1.165) is 12.8 Å². The van der Waals surface area contributed by atoms with E-state index < -0.39 is 22.0 Å². The fourth-order valence-corrected chi connectivity index (χ4v) is 4.27. The largest absolute Gasteiger partial charge is 0.497 e. The Bertz CT molecular complexity index is 596. The predicted octanol–water partition coefficient (Wildman–Crippen LogP) is 1.71. The molecule has 1 fully saturated rings. The van der Waals surface area contributed by atoms with Gasteiger partial charge in [-0.1, -0.05) is 6.42 Å². The number of hydrogen-bond acceptors (Lipinski definition) is 4. The van der Waals surface area contributed by atoms with Crippen LogP contribution in [0.3, 0.4) is 0 Å². The highest BCUT2D eigenvalue weighted by molar-refractivity contribution is 7.89. The molecule has 0 radical (unpaired) electrons. The second kappa shape index (κ2) is 6.44. The number of ether oxygens (including phenoxy) is 1. The van der Waals surface area contributed by atoms with Crippen LogP contribution in [0.15, 0.2) is 29.2 Å². The van der Waals surface area contributed by atoms with Crippen molar-refractivity contribution in [3.63, 3.8) is 0 Å². The monoisotopic (exact) mass is 313 g/mol. The Balaban J connectivity index is 2.28. The third-order valence-electron chi connectivity index (χ3n) is 3.65. The summed E-state index contributed by atoms with van der Waals surface area (Å²) in [4.78, 5) is 11.1. The van der Waals surface area contributed by atoms with E-state index in [4.69, 9.17) is 9.84 Å². The van der Waals surface area contributed by atoms with Gasteiger partial charge in [0.2, 0.25) is 10.0 Å². The van der Waals surface area contributed by atoms with Crippen LogP contribution in [0.25, 0.3) is 0 Å². The first kappa shape index (κ1) is 15.8. The molecule has 0 bridgehead atoms. The number of aliphatic carboxylic acids is 1. The minimum atomic E-state index is -3.67. The number of carbonyl (C=O) groups is 1. The molecule has 1 aliphatic rings. The SMILES string of the molecule is COc1ccc(S(=O)(=O)N2CCCC[C@@H]2CC(=O)O)cc1. The lowest BCUT2D eigenvalue weighted by molar-refractivity contribution is -0.138. The van der Waals surface area contributed by atoms with Gasteiger partial charge in [-0.05, 0) is 37.1 Å². The van der Waals surface area contributed by atoms with E-state index in [1.165, 1.54) is 23.5 Å². The molecule has 21 heavy (non-hydrogen) atoms. The zero-order valence-electron chi connectivity index (χ0n) is 11.9. The van der Waals surface area contributed by atoms with Gasteiger partial charge in [-0.25, -0.2) is 8.42 Å². The van der Waals surface area contributed by atoms with Gasteiger partial charge in [0.25, 0.3) is 0 Å². The highest BCUT2D eigenvalue weighted by Crippen LogP contribution is 2.27. The van der Waals surface area contributed by atoms with Gasteiger partial charge in [0.15, 0.2) is 0 Å². The number of carboxylic acid groups (broad SMARTS) is 1. The molecule has 1 aromatic carbocycles. The van der Waals surface area contributed by atoms with Gasteiger partial charge in [0, 0.05) is 12.6 Å². The summed E-state index contributed by atoms with van der Waals surface area (Å²) >= 11 is 0. The van der Waals surface area contributed by atoms with Crippen molar-refractivity contribution in [1.82, 2.24) is 4.31 Å². The molecule has 1 N–H and O–H groups in total. The Morgan fingerprint density at radius 1 is 1.33 bits per heavy atom. The van der Waals surface area contributed by atoms with E-state index in [1.54, 1.807) is 12.1 Å². The van der Waals surface area contributed by atoms with E-state index in [1.807, 2.05) is 0 Å². The maximum absolute atomic E-state index is 12.7. The van der Waals surface area contributed by atoms with E-state index in [0.29, 0.717) is 18.7 Å². The van der Waals surface area contributed by atoms with Crippen LogP contribution in [0.2, 0.25) is 0 Å². The molecular formula is C14H19NO5S. The number of nitrogens with zero attached hydrogens (tertiary/aromatic N) is 1. The van der Waals surface area contributed by atoms with Gasteiger partial charge in [-0.2, -0.15) is 4.31 Å². The summed E-state index contributed by atoms with van der Waals surface area (Å²) in [5.74, 6) is -0.397. The van der Waals surface area contributed by atoms with Crippen molar-refractivity contribution < 1.29 is 23.1 Å². The summed E-state index contributed by atoms with van der Waals surface area (Å²) in [5, 5.41) is 8.95. The van der Waals surface area contributed by atoms with Crippen molar-refractivity contribution in [2.45, 2.75) is 36.6 Å². The third-order valence-corrected chi connectivity index (χ3v) is 5.62. The van der Waals surface area contributed by atoms with Crippen LogP contribution < -0.4 is 4.74 Å². The molecule has 1 aromatic rings. The molecule has 1 atom stereocenters. The quantitative estimate of drug-likeness (QED) is 0.894. The third kappa shape index (κ3) is 3.54. The minimum absolute atomic E-state index is 0.157. The molecule has 0 aromatic heterocycles. The molecule has 0 unspecified atom stereocenters.